The molecule has 0 unspecified atom stereocenters. The van der Waals surface area contributed by atoms with E-state index in [4.69, 9.17) is 30.8 Å². The molecule has 4 rings (SSSR count). The van der Waals surface area contributed by atoms with E-state index in [1.165, 1.54) is 24.9 Å². The van der Waals surface area contributed by atoms with Crippen LogP contribution in [0, 0.1) is 6.92 Å². The first-order valence-corrected chi connectivity index (χ1v) is 13.2. The van der Waals surface area contributed by atoms with Crippen LogP contribution in [0.1, 0.15) is 43.4 Å². The van der Waals surface area contributed by atoms with Crippen molar-refractivity contribution in [1.29, 1.82) is 0 Å². The molecule has 1 aromatic heterocycles. The van der Waals surface area contributed by atoms with Crippen molar-refractivity contribution in [3.63, 3.8) is 0 Å². The number of esters is 1. The third-order valence-corrected chi connectivity index (χ3v) is 7.57. The molecule has 0 N–H and O–H groups in total. The normalized spacial score (nSPS) is 11.4. The summed E-state index contributed by atoms with van der Waals surface area (Å²) in [5, 5.41) is 5.11. The predicted octanol–water partition coefficient (Wildman–Crippen LogP) is 6.74. The van der Waals surface area contributed by atoms with Crippen LogP contribution in [0.3, 0.4) is 0 Å². The van der Waals surface area contributed by atoms with Crippen LogP contribution < -0.4 is 19.8 Å². The fourth-order valence-electron chi connectivity index (χ4n) is 4.18. The summed E-state index contributed by atoms with van der Waals surface area (Å²) in [5.41, 5.74) is 3.32. The summed E-state index contributed by atoms with van der Waals surface area (Å²) in [6.45, 7) is 7.35. The second-order valence-corrected chi connectivity index (χ2v) is 10.3. The summed E-state index contributed by atoms with van der Waals surface area (Å²) < 4.78 is 17.9. The van der Waals surface area contributed by atoms with Crippen LogP contribution in [-0.2, 0) is 4.79 Å². The fourth-order valence-corrected chi connectivity index (χ4v) is 4.82. The van der Waals surface area contributed by atoms with E-state index in [-0.39, 0.29) is 28.0 Å². The Morgan fingerprint density at radius 1 is 1.13 bits per heavy atom. The second kappa shape index (κ2) is 11.6. The van der Waals surface area contributed by atoms with Crippen molar-refractivity contribution in [3.8, 4) is 28.6 Å². The number of carbonyl (C=O) groups excluding carboxylic acids is 1. The van der Waals surface area contributed by atoms with Crippen LogP contribution in [0.4, 0.5) is 0 Å². The van der Waals surface area contributed by atoms with E-state index in [2.05, 4.69) is 34.9 Å². The summed E-state index contributed by atoms with van der Waals surface area (Å²) in [4.78, 5) is 30.1. The van der Waals surface area contributed by atoms with Gasteiger partial charge in [-0.25, -0.2) is 4.98 Å². The lowest BCUT2D eigenvalue weighted by Gasteiger charge is -2.17. The van der Waals surface area contributed by atoms with Gasteiger partial charge in [-0.2, -0.15) is 9.78 Å². The standard InChI is InChI=1S/C29H27BrClN3O5/c1-15(2)20-13-21(16(3)11-23(20)37-5)28-33-22-10-8-7-9-19(22)29(36)34(28)32-14-18-12-24(38-6)27(39-17(4)35)26(31)25(18)30/h7-15H,1-6H3. The van der Waals surface area contributed by atoms with Crippen LogP contribution in [0.2, 0.25) is 5.02 Å². The number of fused-ring (bicyclic) bond motifs is 1. The molecule has 202 valence electrons. The molecule has 0 bridgehead atoms. The molecule has 0 amide bonds. The molecule has 0 atom stereocenters. The Bertz CT molecular complexity index is 1680. The minimum atomic E-state index is -0.544. The van der Waals surface area contributed by atoms with Crippen molar-refractivity contribution >= 4 is 50.6 Å². The quantitative estimate of drug-likeness (QED) is 0.130. The zero-order valence-electron chi connectivity index (χ0n) is 22.3. The molecule has 0 aliphatic carbocycles. The molecular weight excluding hydrogens is 586 g/mol. The van der Waals surface area contributed by atoms with Gasteiger partial charge in [-0.05, 0) is 70.2 Å². The third kappa shape index (κ3) is 5.55. The average molecular weight is 613 g/mol. The molecule has 1 heterocycles. The zero-order chi connectivity index (χ0) is 28.4. The number of aryl methyl sites for hydroxylation is 1. The van der Waals surface area contributed by atoms with Gasteiger partial charge in [0.15, 0.2) is 17.3 Å². The van der Waals surface area contributed by atoms with Crippen molar-refractivity contribution in [2.45, 2.75) is 33.6 Å². The number of nitrogens with zero attached hydrogens (tertiary/aromatic N) is 3. The van der Waals surface area contributed by atoms with Crippen molar-refractivity contribution in [1.82, 2.24) is 9.66 Å². The van der Waals surface area contributed by atoms with E-state index in [9.17, 15) is 9.59 Å². The molecular formula is C29H27BrClN3O5. The number of rotatable bonds is 7. The third-order valence-electron chi connectivity index (χ3n) is 6.13. The van der Waals surface area contributed by atoms with Gasteiger partial charge >= 0.3 is 5.97 Å². The lowest BCUT2D eigenvalue weighted by molar-refractivity contribution is -0.132. The lowest BCUT2D eigenvalue weighted by atomic mass is 9.96. The molecule has 8 nitrogen and oxygen atoms in total. The van der Waals surface area contributed by atoms with Gasteiger partial charge in [0, 0.05) is 22.5 Å². The van der Waals surface area contributed by atoms with Crippen LogP contribution in [0.5, 0.6) is 17.2 Å². The van der Waals surface area contributed by atoms with Crippen LogP contribution >= 0.6 is 27.5 Å². The number of hydrogen-bond acceptors (Lipinski definition) is 7. The second-order valence-electron chi connectivity index (χ2n) is 9.10. The Labute approximate surface area is 239 Å². The Balaban J connectivity index is 1.97. The van der Waals surface area contributed by atoms with Gasteiger partial charge in [0.1, 0.15) is 10.8 Å². The predicted molar refractivity (Wildman–Crippen MR) is 157 cm³/mol. The smallest absolute Gasteiger partial charge is 0.308 e. The maximum Gasteiger partial charge on any atom is 0.308 e. The number of methoxy groups -OCH3 is 2. The summed E-state index contributed by atoms with van der Waals surface area (Å²) in [5.74, 6) is 1.08. The Morgan fingerprint density at radius 3 is 2.46 bits per heavy atom. The van der Waals surface area contributed by atoms with Crippen LogP contribution in [0.15, 0.2) is 56.8 Å². The minimum Gasteiger partial charge on any atom is -0.496 e. The number of benzene rings is 3. The summed E-state index contributed by atoms with van der Waals surface area (Å²) >= 11 is 9.93. The molecule has 39 heavy (non-hydrogen) atoms. The van der Waals surface area contributed by atoms with Gasteiger partial charge in [-0.1, -0.05) is 37.6 Å². The SMILES string of the molecule is COc1cc(C)c(-c2nc3ccccc3c(=O)n2N=Cc2cc(OC)c(OC(C)=O)c(Cl)c2Br)cc1C(C)C. The number of para-hydroxylation sites is 1. The highest BCUT2D eigenvalue weighted by atomic mass is 79.9. The number of carbonyl (C=O) groups is 1. The molecule has 0 spiro atoms. The van der Waals surface area contributed by atoms with Gasteiger partial charge in [-0.3, -0.25) is 9.59 Å². The average Bonchev–Trinajstić information content (AvgIpc) is 2.91. The monoisotopic (exact) mass is 611 g/mol. The highest BCUT2D eigenvalue weighted by Gasteiger charge is 2.20. The van der Waals surface area contributed by atoms with Gasteiger partial charge in [0.25, 0.3) is 5.56 Å². The molecule has 0 radical (unpaired) electrons. The van der Waals surface area contributed by atoms with E-state index in [0.717, 1.165) is 22.4 Å². The molecule has 10 heteroatoms. The first-order chi connectivity index (χ1) is 18.6. The number of aromatic nitrogens is 2. The highest BCUT2D eigenvalue weighted by Crippen LogP contribution is 2.42. The molecule has 0 aliphatic rings. The number of hydrogen-bond donors (Lipinski definition) is 0. The van der Waals surface area contributed by atoms with Crippen LogP contribution in [0.25, 0.3) is 22.3 Å². The van der Waals surface area contributed by atoms with E-state index in [0.29, 0.717) is 26.8 Å². The van der Waals surface area contributed by atoms with Gasteiger partial charge in [-0.15, -0.1) is 0 Å². The largest absolute Gasteiger partial charge is 0.496 e. The minimum absolute atomic E-state index is 0.0796. The lowest BCUT2D eigenvalue weighted by Crippen LogP contribution is -2.21. The van der Waals surface area contributed by atoms with E-state index < -0.39 is 5.97 Å². The summed E-state index contributed by atoms with van der Waals surface area (Å²) in [7, 11) is 3.07. The Kier molecular flexibility index (Phi) is 8.42. The van der Waals surface area contributed by atoms with Crippen LogP contribution in [-0.4, -0.2) is 36.1 Å². The van der Waals surface area contributed by atoms with Gasteiger partial charge in [0.2, 0.25) is 0 Å². The summed E-state index contributed by atoms with van der Waals surface area (Å²) in [6, 6.07) is 12.7. The zero-order valence-corrected chi connectivity index (χ0v) is 24.7. The Morgan fingerprint density at radius 2 is 1.82 bits per heavy atom. The summed E-state index contributed by atoms with van der Waals surface area (Å²) in [6.07, 6.45) is 1.47. The number of halogens is 2. The van der Waals surface area contributed by atoms with Crippen molar-refractivity contribution in [2.24, 2.45) is 5.10 Å². The topological polar surface area (TPSA) is 92.0 Å². The van der Waals surface area contributed by atoms with E-state index >= 15 is 0 Å². The highest BCUT2D eigenvalue weighted by molar-refractivity contribution is 9.10. The molecule has 0 saturated carbocycles. The van der Waals surface area contributed by atoms with Crippen molar-refractivity contribution < 1.29 is 19.0 Å². The number of ether oxygens (including phenoxy) is 3. The van der Waals surface area contributed by atoms with Gasteiger partial charge in [0.05, 0.1) is 31.3 Å². The Hall–Kier alpha value is -3.69. The molecule has 3 aromatic carbocycles. The first-order valence-electron chi connectivity index (χ1n) is 12.1. The maximum atomic E-state index is 13.7. The van der Waals surface area contributed by atoms with Crippen molar-refractivity contribution in [3.05, 3.63) is 79.0 Å². The van der Waals surface area contributed by atoms with Crippen molar-refractivity contribution in [2.75, 3.05) is 14.2 Å². The fraction of sp³-hybridized carbons (Fsp3) is 0.241. The molecule has 4 aromatic rings. The maximum absolute atomic E-state index is 13.7. The molecule has 0 aliphatic heterocycles. The molecule has 0 saturated heterocycles. The van der Waals surface area contributed by atoms with E-state index in [1.54, 1.807) is 31.4 Å². The van der Waals surface area contributed by atoms with Gasteiger partial charge < -0.3 is 14.2 Å². The molecule has 0 fully saturated rings. The van der Waals surface area contributed by atoms with E-state index in [1.807, 2.05) is 25.1 Å². The first kappa shape index (κ1) is 28.3.